The number of nitriles is 1. The molecule has 0 radical (unpaired) electrons. The van der Waals surface area contributed by atoms with E-state index in [0.29, 0.717) is 11.5 Å². The van der Waals surface area contributed by atoms with Crippen molar-refractivity contribution in [2.45, 2.75) is 6.92 Å². The van der Waals surface area contributed by atoms with Crippen molar-refractivity contribution < 1.29 is 8.42 Å². The lowest BCUT2D eigenvalue weighted by Crippen LogP contribution is -2.30. The molecule has 1 aliphatic rings. The maximum Gasteiger partial charge on any atom is 0.228 e. The van der Waals surface area contributed by atoms with Crippen LogP contribution in [0.15, 0.2) is 24.5 Å². The van der Waals surface area contributed by atoms with Gasteiger partial charge in [0, 0.05) is 30.1 Å². The lowest BCUT2D eigenvalue weighted by molar-refractivity contribution is 0.493. The molecule has 126 valence electrons. The van der Waals surface area contributed by atoms with Gasteiger partial charge in [-0.25, -0.2) is 23.4 Å². The second-order valence-corrected chi connectivity index (χ2v) is 7.80. The first-order valence-electron chi connectivity index (χ1n) is 7.64. The quantitative estimate of drug-likeness (QED) is 0.759. The monoisotopic (exact) mass is 354 g/mol. The number of nitrogens with zero attached hydrogens (tertiary/aromatic N) is 5. The van der Waals surface area contributed by atoms with Crippen molar-refractivity contribution in [2.24, 2.45) is 0 Å². The van der Waals surface area contributed by atoms with E-state index in [1.54, 1.807) is 18.5 Å². The van der Waals surface area contributed by atoms with Crippen LogP contribution in [0.1, 0.15) is 11.5 Å². The Hall–Kier alpha value is -2.83. The zero-order valence-corrected chi connectivity index (χ0v) is 14.2. The van der Waals surface area contributed by atoms with Crippen LogP contribution in [0.25, 0.3) is 27.5 Å². The highest BCUT2D eigenvalue weighted by molar-refractivity contribution is 7.89. The predicted molar refractivity (Wildman–Crippen MR) is 92.9 cm³/mol. The summed E-state index contributed by atoms with van der Waals surface area (Å²) in [7, 11) is -3.59. The summed E-state index contributed by atoms with van der Waals surface area (Å²) in [5, 5.41) is 10.5. The van der Waals surface area contributed by atoms with E-state index in [4.69, 9.17) is 5.26 Å². The third-order valence-corrected chi connectivity index (χ3v) is 5.76. The molecule has 0 aliphatic carbocycles. The topological polar surface area (TPSA) is 116 Å². The Kier molecular flexibility index (Phi) is 3.52. The number of aromatic nitrogens is 4. The largest absolute Gasteiger partial charge is 0.342 e. The molecule has 0 saturated carbocycles. The second kappa shape index (κ2) is 5.61. The standard InChI is InChI=1S/C16H14N6O2S/c1-10-20-13-8-19-16-12(2-5-18-16)14(13)15(21-10)11-3-6-22(9-11)25(23,24)7-4-17/h2-3,5,8H,6-7,9H2,1H3,(H,20,21). The maximum absolute atomic E-state index is 12.1. The van der Waals surface area contributed by atoms with Crippen LogP contribution < -0.4 is 0 Å². The number of rotatable bonds is 3. The highest BCUT2D eigenvalue weighted by atomic mass is 32.2. The Labute approximate surface area is 143 Å². The van der Waals surface area contributed by atoms with Crippen LogP contribution in [0.2, 0.25) is 0 Å². The molecule has 0 atom stereocenters. The van der Waals surface area contributed by atoms with Gasteiger partial charge in [-0.2, -0.15) is 9.57 Å². The van der Waals surface area contributed by atoms with Gasteiger partial charge in [-0.3, -0.25) is 0 Å². The van der Waals surface area contributed by atoms with Crippen molar-refractivity contribution in [2.75, 3.05) is 18.8 Å². The van der Waals surface area contributed by atoms with Gasteiger partial charge >= 0.3 is 0 Å². The number of hydrogen-bond donors (Lipinski definition) is 1. The molecule has 1 aliphatic heterocycles. The molecule has 0 bridgehead atoms. The lowest BCUT2D eigenvalue weighted by Gasteiger charge is -2.15. The number of pyridine rings is 1. The fourth-order valence-electron chi connectivity index (χ4n) is 3.08. The van der Waals surface area contributed by atoms with Gasteiger partial charge in [-0.05, 0) is 18.6 Å². The number of sulfonamides is 1. The first kappa shape index (κ1) is 15.7. The number of H-pyrrole nitrogens is 1. The van der Waals surface area contributed by atoms with Crippen LogP contribution in [0.4, 0.5) is 0 Å². The summed E-state index contributed by atoms with van der Waals surface area (Å²) in [4.78, 5) is 16.4. The molecule has 1 N–H and O–H groups in total. The highest BCUT2D eigenvalue weighted by Gasteiger charge is 2.28. The van der Waals surface area contributed by atoms with E-state index >= 15 is 0 Å². The Morgan fingerprint density at radius 1 is 1.40 bits per heavy atom. The van der Waals surface area contributed by atoms with E-state index < -0.39 is 15.8 Å². The molecule has 3 aromatic rings. The molecule has 0 unspecified atom stereocenters. The van der Waals surface area contributed by atoms with Crippen LogP contribution in [-0.2, 0) is 10.0 Å². The molecule has 0 saturated heterocycles. The molecule has 0 spiro atoms. The Bertz CT molecular complexity index is 1170. The van der Waals surface area contributed by atoms with Crippen molar-refractivity contribution in [1.82, 2.24) is 24.2 Å². The molecule has 4 heterocycles. The molecule has 0 fully saturated rings. The molecular weight excluding hydrogens is 340 g/mol. The van der Waals surface area contributed by atoms with E-state index in [0.717, 1.165) is 27.6 Å². The minimum atomic E-state index is -3.59. The average molecular weight is 354 g/mol. The number of fused-ring (bicyclic) bond motifs is 3. The van der Waals surface area contributed by atoms with E-state index in [9.17, 15) is 8.42 Å². The summed E-state index contributed by atoms with van der Waals surface area (Å²) in [6.45, 7) is 2.29. The fourth-order valence-corrected chi connectivity index (χ4v) is 4.06. The van der Waals surface area contributed by atoms with Gasteiger partial charge in [0.1, 0.15) is 5.82 Å². The minimum Gasteiger partial charge on any atom is -0.342 e. The van der Waals surface area contributed by atoms with E-state index in [1.165, 1.54) is 4.31 Å². The van der Waals surface area contributed by atoms with Crippen LogP contribution >= 0.6 is 0 Å². The van der Waals surface area contributed by atoms with Gasteiger partial charge in [0.15, 0.2) is 11.4 Å². The van der Waals surface area contributed by atoms with E-state index in [2.05, 4.69) is 19.9 Å². The molecule has 0 aromatic carbocycles. The Balaban J connectivity index is 1.85. The number of aromatic amines is 1. The van der Waals surface area contributed by atoms with E-state index in [-0.39, 0.29) is 13.1 Å². The summed E-state index contributed by atoms with van der Waals surface area (Å²) < 4.78 is 25.6. The summed E-state index contributed by atoms with van der Waals surface area (Å²) in [5.74, 6) is 0.188. The summed E-state index contributed by atoms with van der Waals surface area (Å²) >= 11 is 0. The van der Waals surface area contributed by atoms with Crippen molar-refractivity contribution in [3.8, 4) is 6.07 Å². The Morgan fingerprint density at radius 3 is 3.04 bits per heavy atom. The Morgan fingerprint density at radius 2 is 2.24 bits per heavy atom. The van der Waals surface area contributed by atoms with Crippen molar-refractivity contribution in [3.05, 3.63) is 36.1 Å². The third-order valence-electron chi connectivity index (χ3n) is 4.20. The van der Waals surface area contributed by atoms with Gasteiger partial charge < -0.3 is 4.98 Å². The second-order valence-electron chi connectivity index (χ2n) is 5.84. The van der Waals surface area contributed by atoms with Crippen LogP contribution in [0.5, 0.6) is 0 Å². The predicted octanol–water partition coefficient (Wildman–Crippen LogP) is 1.37. The molecular formula is C16H14N6O2S. The average Bonchev–Trinajstić information content (AvgIpc) is 3.23. The van der Waals surface area contributed by atoms with Crippen molar-refractivity contribution in [1.29, 1.82) is 5.26 Å². The zero-order valence-electron chi connectivity index (χ0n) is 13.4. The summed E-state index contributed by atoms with van der Waals surface area (Å²) in [6, 6.07) is 3.58. The lowest BCUT2D eigenvalue weighted by atomic mass is 10.1. The molecule has 0 amide bonds. The van der Waals surface area contributed by atoms with Gasteiger partial charge in [0.2, 0.25) is 10.0 Å². The molecule has 3 aromatic heterocycles. The third kappa shape index (κ3) is 2.56. The molecule has 4 rings (SSSR count). The smallest absolute Gasteiger partial charge is 0.228 e. The molecule has 9 heteroatoms. The van der Waals surface area contributed by atoms with Gasteiger partial charge in [0.05, 0.1) is 23.5 Å². The van der Waals surface area contributed by atoms with Gasteiger partial charge in [0.25, 0.3) is 0 Å². The van der Waals surface area contributed by atoms with Gasteiger partial charge in [-0.1, -0.05) is 6.08 Å². The fraction of sp³-hybridized carbons (Fsp3) is 0.250. The number of aryl methyl sites for hydroxylation is 1. The van der Waals surface area contributed by atoms with E-state index in [1.807, 2.05) is 19.1 Å². The minimum absolute atomic E-state index is 0.202. The normalized spacial score (nSPS) is 15.6. The highest BCUT2D eigenvalue weighted by Crippen LogP contribution is 2.31. The molecule has 25 heavy (non-hydrogen) atoms. The maximum atomic E-state index is 12.1. The first-order chi connectivity index (χ1) is 12.0. The van der Waals surface area contributed by atoms with Crippen molar-refractivity contribution in [3.63, 3.8) is 0 Å². The van der Waals surface area contributed by atoms with Crippen LogP contribution in [-0.4, -0.2) is 51.5 Å². The van der Waals surface area contributed by atoms with Crippen molar-refractivity contribution >= 4 is 37.5 Å². The number of nitrogens with one attached hydrogen (secondary N) is 1. The number of hydrogen-bond acceptors (Lipinski definition) is 6. The van der Waals surface area contributed by atoms with Crippen LogP contribution in [0, 0.1) is 18.3 Å². The zero-order chi connectivity index (χ0) is 17.6. The first-order valence-corrected chi connectivity index (χ1v) is 9.25. The van der Waals surface area contributed by atoms with Crippen LogP contribution in [0.3, 0.4) is 0 Å². The van der Waals surface area contributed by atoms with Gasteiger partial charge in [-0.15, -0.1) is 0 Å². The summed E-state index contributed by atoms with van der Waals surface area (Å²) in [5.41, 5.74) is 2.99. The summed E-state index contributed by atoms with van der Waals surface area (Å²) in [6.07, 6.45) is 5.24. The SMILES string of the molecule is Cc1nc(C2=CCN(S(=O)(=O)CC#N)C2)c2c(cnc3nccc32)[nH]1. The molecule has 8 nitrogen and oxygen atoms in total.